The Morgan fingerprint density at radius 1 is 1.65 bits per heavy atom. The number of benzene rings is 1. The second kappa shape index (κ2) is 6.47. The van der Waals surface area contributed by atoms with Crippen molar-refractivity contribution in [2.24, 2.45) is 5.73 Å². The molecule has 94 valence electrons. The summed E-state index contributed by atoms with van der Waals surface area (Å²) in [7, 11) is -0.821. The molecule has 0 aliphatic carbocycles. The van der Waals surface area contributed by atoms with Crippen LogP contribution in [0.5, 0.6) is 0 Å². The quantitative estimate of drug-likeness (QED) is 0.811. The van der Waals surface area contributed by atoms with Crippen LogP contribution in [0.15, 0.2) is 22.7 Å². The Hall–Kier alpha value is -0.460. The number of thiocarbonyl (C=S) groups is 1. The van der Waals surface area contributed by atoms with Gasteiger partial charge in [-0.15, -0.1) is 0 Å². The van der Waals surface area contributed by atoms with Crippen LogP contribution in [-0.4, -0.2) is 27.2 Å². The van der Waals surface area contributed by atoms with E-state index in [2.05, 4.69) is 21.2 Å². The van der Waals surface area contributed by atoms with Gasteiger partial charge in [-0.3, -0.25) is 4.21 Å². The number of hydrogen-bond donors (Lipinski definition) is 2. The van der Waals surface area contributed by atoms with E-state index in [1.54, 1.807) is 6.26 Å². The van der Waals surface area contributed by atoms with E-state index in [0.717, 1.165) is 15.7 Å². The Balaban J connectivity index is 2.73. The van der Waals surface area contributed by atoms with Crippen molar-refractivity contribution in [1.29, 1.82) is 0 Å². The van der Waals surface area contributed by atoms with E-state index in [1.165, 1.54) is 0 Å². The smallest absolute Gasteiger partial charge is 0.104 e. The van der Waals surface area contributed by atoms with E-state index in [4.69, 9.17) is 18.0 Å². The zero-order chi connectivity index (χ0) is 13.0. The molecule has 6 heteroatoms. The maximum Gasteiger partial charge on any atom is 0.104 e. The van der Waals surface area contributed by atoms with Gasteiger partial charge in [-0.2, -0.15) is 0 Å². The number of anilines is 1. The summed E-state index contributed by atoms with van der Waals surface area (Å²) >= 11 is 8.35. The topological polar surface area (TPSA) is 55.1 Å². The maximum absolute atomic E-state index is 11.2. The van der Waals surface area contributed by atoms with E-state index in [9.17, 15) is 4.21 Å². The van der Waals surface area contributed by atoms with Gasteiger partial charge in [0.25, 0.3) is 0 Å². The van der Waals surface area contributed by atoms with E-state index in [1.807, 2.05) is 25.1 Å². The summed E-state index contributed by atoms with van der Waals surface area (Å²) in [5, 5.41) is 3.34. The Morgan fingerprint density at radius 2 is 2.29 bits per heavy atom. The van der Waals surface area contributed by atoms with Crippen molar-refractivity contribution in [2.45, 2.75) is 12.2 Å². The Morgan fingerprint density at radius 3 is 2.76 bits per heavy atom. The molecule has 1 aromatic carbocycles. The third-order valence-electron chi connectivity index (χ3n) is 2.40. The van der Waals surface area contributed by atoms with Gasteiger partial charge in [-0.25, -0.2) is 0 Å². The summed E-state index contributed by atoms with van der Waals surface area (Å²) in [5.74, 6) is 0. The number of rotatable bonds is 5. The minimum absolute atomic E-state index is 0.108. The zero-order valence-corrected chi connectivity index (χ0v) is 12.9. The molecule has 3 N–H and O–H groups in total. The first-order chi connectivity index (χ1) is 7.91. The maximum atomic E-state index is 11.2. The van der Waals surface area contributed by atoms with Crippen LogP contribution in [-0.2, 0) is 10.8 Å². The number of nitrogens with one attached hydrogen (secondary N) is 1. The van der Waals surface area contributed by atoms with E-state index in [-0.39, 0.29) is 5.25 Å². The fourth-order valence-corrected chi connectivity index (χ4v) is 2.15. The van der Waals surface area contributed by atoms with Crippen LogP contribution in [0.25, 0.3) is 0 Å². The van der Waals surface area contributed by atoms with Crippen LogP contribution in [0.2, 0.25) is 0 Å². The minimum Gasteiger partial charge on any atom is -0.389 e. The van der Waals surface area contributed by atoms with E-state index >= 15 is 0 Å². The first-order valence-corrected chi connectivity index (χ1v) is 7.89. The van der Waals surface area contributed by atoms with Crippen LogP contribution in [0.3, 0.4) is 0 Å². The fraction of sp³-hybridized carbons (Fsp3) is 0.364. The SMILES string of the molecule is CC(CNc1ccc(C(N)=S)cc1Br)S(C)=O. The molecule has 0 bridgehead atoms. The van der Waals surface area contributed by atoms with Crippen LogP contribution >= 0.6 is 28.1 Å². The zero-order valence-electron chi connectivity index (χ0n) is 9.70. The molecule has 17 heavy (non-hydrogen) atoms. The average Bonchev–Trinajstić information content (AvgIpc) is 2.26. The van der Waals surface area contributed by atoms with E-state index in [0.29, 0.717) is 11.5 Å². The van der Waals surface area contributed by atoms with Crippen molar-refractivity contribution >= 4 is 49.6 Å². The molecule has 0 amide bonds. The van der Waals surface area contributed by atoms with Gasteiger partial charge < -0.3 is 11.1 Å². The average molecular weight is 335 g/mol. The molecule has 2 unspecified atom stereocenters. The van der Waals surface area contributed by atoms with Gasteiger partial charge in [0.05, 0.1) is 0 Å². The van der Waals surface area contributed by atoms with Gasteiger partial charge in [0.1, 0.15) is 4.99 Å². The summed E-state index contributed by atoms with van der Waals surface area (Å²) in [4.78, 5) is 0.375. The third kappa shape index (κ3) is 4.37. The van der Waals surface area contributed by atoms with Gasteiger partial charge in [-0.05, 0) is 41.1 Å². The highest BCUT2D eigenvalue weighted by molar-refractivity contribution is 9.10. The molecule has 3 nitrogen and oxygen atoms in total. The second-order valence-electron chi connectivity index (χ2n) is 3.75. The van der Waals surface area contributed by atoms with Crippen molar-refractivity contribution < 1.29 is 4.21 Å². The molecule has 0 saturated heterocycles. The fourth-order valence-electron chi connectivity index (χ4n) is 1.18. The summed E-state index contributed by atoms with van der Waals surface area (Å²) < 4.78 is 12.1. The van der Waals surface area contributed by atoms with Gasteiger partial charge in [0.2, 0.25) is 0 Å². The summed E-state index contributed by atoms with van der Waals surface area (Å²) in [6.45, 7) is 2.61. The van der Waals surface area contributed by atoms with Gasteiger partial charge in [0.15, 0.2) is 0 Å². The lowest BCUT2D eigenvalue weighted by Gasteiger charge is -2.13. The first kappa shape index (κ1) is 14.6. The molecule has 2 atom stereocenters. The Labute approximate surface area is 118 Å². The molecular formula is C11H15BrN2OS2. The van der Waals surface area contributed by atoms with Crippen molar-refractivity contribution in [3.05, 3.63) is 28.2 Å². The van der Waals surface area contributed by atoms with Crippen molar-refractivity contribution in [3.63, 3.8) is 0 Å². The molecule has 0 spiro atoms. The standard InChI is InChI=1S/C11H15BrN2OS2/c1-7(17(2)15)6-14-10-4-3-8(11(13)16)5-9(10)12/h3-5,7,14H,6H2,1-2H3,(H2,13,16). The molecule has 0 aliphatic heterocycles. The number of nitrogens with two attached hydrogens (primary N) is 1. The largest absolute Gasteiger partial charge is 0.389 e. The predicted molar refractivity (Wildman–Crippen MR) is 82.0 cm³/mol. The monoisotopic (exact) mass is 334 g/mol. The number of hydrogen-bond acceptors (Lipinski definition) is 3. The highest BCUT2D eigenvalue weighted by Gasteiger charge is 2.07. The van der Waals surface area contributed by atoms with Crippen molar-refractivity contribution in [1.82, 2.24) is 0 Å². The molecule has 0 heterocycles. The minimum atomic E-state index is -0.821. The second-order valence-corrected chi connectivity index (χ2v) is 6.85. The first-order valence-electron chi connectivity index (χ1n) is 5.07. The van der Waals surface area contributed by atoms with Crippen LogP contribution in [0, 0.1) is 0 Å². The predicted octanol–water partition coefficient (Wildman–Crippen LogP) is 2.26. The van der Waals surface area contributed by atoms with Crippen molar-refractivity contribution in [3.8, 4) is 0 Å². The molecule has 0 aliphatic rings. The molecular weight excluding hydrogens is 320 g/mol. The lowest BCUT2D eigenvalue weighted by molar-refractivity contribution is 0.679. The highest BCUT2D eigenvalue weighted by atomic mass is 79.9. The van der Waals surface area contributed by atoms with Crippen LogP contribution < -0.4 is 11.1 Å². The molecule has 0 saturated carbocycles. The molecule has 1 aromatic rings. The summed E-state index contributed by atoms with van der Waals surface area (Å²) in [5.41, 5.74) is 7.31. The van der Waals surface area contributed by atoms with E-state index < -0.39 is 10.8 Å². The van der Waals surface area contributed by atoms with Crippen LogP contribution in [0.1, 0.15) is 12.5 Å². The Kier molecular flexibility index (Phi) is 5.55. The van der Waals surface area contributed by atoms with Gasteiger partial charge >= 0.3 is 0 Å². The molecule has 0 fully saturated rings. The lowest BCUT2D eigenvalue weighted by atomic mass is 10.2. The van der Waals surface area contributed by atoms with Crippen molar-refractivity contribution in [2.75, 3.05) is 18.1 Å². The molecule has 0 aromatic heterocycles. The normalized spacial score (nSPS) is 14.1. The van der Waals surface area contributed by atoms with Crippen LogP contribution in [0.4, 0.5) is 5.69 Å². The Bertz CT molecular complexity index is 451. The summed E-state index contributed by atoms with van der Waals surface area (Å²) in [6, 6.07) is 5.64. The van der Waals surface area contributed by atoms with Gasteiger partial charge in [0, 0.05) is 44.6 Å². The van der Waals surface area contributed by atoms with Gasteiger partial charge in [-0.1, -0.05) is 12.2 Å². The third-order valence-corrected chi connectivity index (χ3v) is 4.59. The number of halogens is 1. The molecule has 0 radical (unpaired) electrons. The molecule has 1 rings (SSSR count). The lowest BCUT2D eigenvalue weighted by Crippen LogP contribution is -2.20. The highest BCUT2D eigenvalue weighted by Crippen LogP contribution is 2.23. The summed E-state index contributed by atoms with van der Waals surface area (Å²) in [6.07, 6.45) is 1.71.